The highest BCUT2D eigenvalue weighted by molar-refractivity contribution is 6.32. The van der Waals surface area contributed by atoms with Gasteiger partial charge in [0.05, 0.1) is 11.2 Å². The highest BCUT2D eigenvalue weighted by Gasteiger charge is 2.27. The van der Waals surface area contributed by atoms with Crippen LogP contribution < -0.4 is 10.6 Å². The molecule has 6 heteroatoms. The summed E-state index contributed by atoms with van der Waals surface area (Å²) in [6, 6.07) is 5.94. The number of hydrogen-bond acceptors (Lipinski definition) is 3. The number of fused-ring (bicyclic) bond motifs is 1. The third kappa shape index (κ3) is 5.50. The number of H-pyrrole nitrogens is 1. The van der Waals surface area contributed by atoms with Crippen LogP contribution in [0.1, 0.15) is 57.4 Å². The molecule has 2 heterocycles. The first-order valence-electron chi connectivity index (χ1n) is 11.3. The second kappa shape index (κ2) is 10.1. The number of anilines is 1. The average molecular weight is 433 g/mol. The number of nitrogens with one attached hydrogen (secondary N) is 1. The number of aromatic nitrogens is 1. The van der Waals surface area contributed by atoms with Crippen molar-refractivity contribution in [3.05, 3.63) is 28.9 Å². The lowest BCUT2D eigenvalue weighted by Gasteiger charge is -2.27. The highest BCUT2D eigenvalue weighted by Crippen LogP contribution is 2.33. The summed E-state index contributed by atoms with van der Waals surface area (Å²) in [5.74, 6) is 1.73. The van der Waals surface area contributed by atoms with E-state index in [1.165, 1.54) is 0 Å². The Morgan fingerprint density at radius 3 is 2.43 bits per heavy atom. The zero-order valence-electron chi connectivity index (χ0n) is 18.9. The Balaban J connectivity index is 1.92. The van der Waals surface area contributed by atoms with Gasteiger partial charge in [-0.2, -0.15) is 0 Å². The van der Waals surface area contributed by atoms with E-state index in [2.05, 4.69) is 37.6 Å². The lowest BCUT2D eigenvalue weighted by atomic mass is 10.1. The first-order valence-corrected chi connectivity index (χ1v) is 11.7. The molecular formula is C24H37ClN4O. The zero-order valence-corrected chi connectivity index (χ0v) is 19.6. The zero-order chi connectivity index (χ0) is 21.8. The lowest BCUT2D eigenvalue weighted by molar-refractivity contribution is 0.0783. The van der Waals surface area contributed by atoms with Crippen LogP contribution in [-0.4, -0.2) is 48.5 Å². The number of carbonyl (C=O) groups excluding carboxylic acids is 1. The fraction of sp³-hybridized carbons (Fsp3) is 0.625. The van der Waals surface area contributed by atoms with Crippen molar-refractivity contribution < 1.29 is 4.79 Å². The predicted molar refractivity (Wildman–Crippen MR) is 127 cm³/mol. The number of likely N-dealkylation sites (tertiary alicyclic amines) is 1. The molecule has 1 aliphatic rings. The van der Waals surface area contributed by atoms with Crippen molar-refractivity contribution >= 4 is 34.1 Å². The highest BCUT2D eigenvalue weighted by atomic mass is 35.5. The van der Waals surface area contributed by atoms with Gasteiger partial charge in [0.15, 0.2) is 0 Å². The van der Waals surface area contributed by atoms with E-state index in [0.29, 0.717) is 35.0 Å². The van der Waals surface area contributed by atoms with Crippen molar-refractivity contribution in [1.82, 2.24) is 9.88 Å². The van der Waals surface area contributed by atoms with E-state index < -0.39 is 0 Å². The van der Waals surface area contributed by atoms with Crippen molar-refractivity contribution in [3.63, 3.8) is 0 Å². The molecule has 2 aromatic rings. The Morgan fingerprint density at radius 2 is 1.87 bits per heavy atom. The summed E-state index contributed by atoms with van der Waals surface area (Å²) in [5, 5.41) is 1.70. The summed E-state index contributed by atoms with van der Waals surface area (Å²) < 4.78 is 0. The van der Waals surface area contributed by atoms with Gasteiger partial charge in [-0.25, -0.2) is 0 Å². The number of rotatable bonds is 9. The van der Waals surface area contributed by atoms with Crippen LogP contribution in [-0.2, 0) is 0 Å². The largest absolute Gasteiger partial charge is 0.370 e. The van der Waals surface area contributed by atoms with Crippen molar-refractivity contribution in [2.75, 3.05) is 37.6 Å². The molecule has 1 aliphatic heterocycles. The fourth-order valence-electron chi connectivity index (χ4n) is 4.11. The van der Waals surface area contributed by atoms with Crippen LogP contribution in [0.25, 0.3) is 10.9 Å². The van der Waals surface area contributed by atoms with E-state index >= 15 is 0 Å². The van der Waals surface area contributed by atoms with Crippen molar-refractivity contribution in [2.24, 2.45) is 23.5 Å². The molecule has 3 N–H and O–H groups in total. The summed E-state index contributed by atoms with van der Waals surface area (Å²) in [4.78, 5) is 20.9. The topological polar surface area (TPSA) is 65.4 Å². The number of aromatic amines is 1. The molecule has 0 saturated carbocycles. The molecule has 0 radical (unpaired) electrons. The molecule has 1 aromatic heterocycles. The molecule has 1 atom stereocenters. The van der Waals surface area contributed by atoms with E-state index in [1.807, 2.05) is 23.1 Å². The van der Waals surface area contributed by atoms with Gasteiger partial charge in [0.2, 0.25) is 0 Å². The second-order valence-corrected chi connectivity index (χ2v) is 10.0. The quantitative estimate of drug-likeness (QED) is 0.576. The Labute approximate surface area is 185 Å². The van der Waals surface area contributed by atoms with Crippen molar-refractivity contribution in [1.29, 1.82) is 0 Å². The van der Waals surface area contributed by atoms with Crippen LogP contribution in [0.15, 0.2) is 18.2 Å². The van der Waals surface area contributed by atoms with Crippen LogP contribution >= 0.6 is 11.6 Å². The molecule has 0 bridgehead atoms. The van der Waals surface area contributed by atoms with Gasteiger partial charge in [0.25, 0.3) is 5.91 Å². The van der Waals surface area contributed by atoms with Gasteiger partial charge < -0.3 is 20.5 Å². The number of nitrogens with zero attached hydrogens (tertiary/aromatic N) is 2. The maximum atomic E-state index is 13.1. The van der Waals surface area contributed by atoms with E-state index in [0.717, 1.165) is 62.0 Å². The van der Waals surface area contributed by atoms with Gasteiger partial charge in [0.1, 0.15) is 5.69 Å². The first kappa shape index (κ1) is 23.0. The lowest BCUT2D eigenvalue weighted by Crippen LogP contribution is -2.30. The summed E-state index contributed by atoms with van der Waals surface area (Å²) >= 11 is 6.50. The number of benzene rings is 1. The maximum absolute atomic E-state index is 13.1. The first-order chi connectivity index (χ1) is 14.3. The second-order valence-electron chi connectivity index (χ2n) is 9.57. The van der Waals surface area contributed by atoms with Crippen LogP contribution in [0.4, 0.5) is 5.69 Å². The molecule has 1 aromatic carbocycles. The molecule has 0 spiro atoms. The third-order valence-corrected chi connectivity index (χ3v) is 6.32. The Kier molecular flexibility index (Phi) is 7.70. The van der Waals surface area contributed by atoms with Gasteiger partial charge in [-0.15, -0.1) is 0 Å². The smallest absolute Gasteiger partial charge is 0.270 e. The Bertz CT molecular complexity index is 848. The summed E-state index contributed by atoms with van der Waals surface area (Å²) in [7, 11) is 0. The molecule has 166 valence electrons. The van der Waals surface area contributed by atoms with E-state index in [9.17, 15) is 4.79 Å². The molecular weight excluding hydrogens is 396 g/mol. The molecule has 3 rings (SSSR count). The van der Waals surface area contributed by atoms with Crippen LogP contribution in [0.3, 0.4) is 0 Å². The molecule has 30 heavy (non-hydrogen) atoms. The SMILES string of the molecule is CC(C)CCN(CCC(C)C)c1cc(Cl)cc2cc(C(=O)N3CCC(CN)C3)[nH]c12. The van der Waals surface area contributed by atoms with Crippen LogP contribution in [0.5, 0.6) is 0 Å². The summed E-state index contributed by atoms with van der Waals surface area (Å²) in [6.45, 7) is 13.1. The van der Waals surface area contributed by atoms with Crippen LogP contribution in [0, 0.1) is 17.8 Å². The van der Waals surface area contributed by atoms with Gasteiger partial charge in [0, 0.05) is 36.6 Å². The maximum Gasteiger partial charge on any atom is 0.270 e. The molecule has 1 unspecified atom stereocenters. The molecule has 5 nitrogen and oxygen atoms in total. The number of hydrogen-bond donors (Lipinski definition) is 2. The van der Waals surface area contributed by atoms with Crippen molar-refractivity contribution in [2.45, 2.75) is 47.0 Å². The van der Waals surface area contributed by atoms with Gasteiger partial charge >= 0.3 is 0 Å². The molecule has 0 aliphatic carbocycles. The van der Waals surface area contributed by atoms with Gasteiger partial charge in [-0.05, 0) is 61.8 Å². The molecule has 1 saturated heterocycles. The average Bonchev–Trinajstić information content (AvgIpc) is 3.33. The van der Waals surface area contributed by atoms with Gasteiger partial charge in [-0.3, -0.25) is 4.79 Å². The van der Waals surface area contributed by atoms with Crippen molar-refractivity contribution in [3.8, 4) is 0 Å². The Hall–Kier alpha value is -1.72. The van der Waals surface area contributed by atoms with Crippen LogP contribution in [0.2, 0.25) is 5.02 Å². The fourth-order valence-corrected chi connectivity index (χ4v) is 4.34. The number of amides is 1. The standard InChI is InChI=1S/C24H37ClN4O/c1-16(2)5-8-28(9-6-17(3)4)22-13-20(25)11-19-12-21(27-23(19)22)24(30)29-10-7-18(14-26)15-29/h11-13,16-18,27H,5-10,14-15,26H2,1-4H3. The Morgan fingerprint density at radius 1 is 1.20 bits per heavy atom. The van der Waals surface area contributed by atoms with Gasteiger partial charge in [-0.1, -0.05) is 39.3 Å². The number of carbonyl (C=O) groups is 1. The normalized spacial score (nSPS) is 16.9. The molecule has 1 fully saturated rings. The monoisotopic (exact) mass is 432 g/mol. The minimum Gasteiger partial charge on any atom is -0.370 e. The number of nitrogens with two attached hydrogens (primary N) is 1. The summed E-state index contributed by atoms with van der Waals surface area (Å²) in [5.41, 5.74) is 8.54. The van der Waals surface area contributed by atoms with E-state index in [4.69, 9.17) is 17.3 Å². The minimum absolute atomic E-state index is 0.0557. The number of halogens is 1. The van der Waals surface area contributed by atoms with E-state index in [1.54, 1.807) is 0 Å². The summed E-state index contributed by atoms with van der Waals surface area (Å²) in [6.07, 6.45) is 3.22. The minimum atomic E-state index is 0.0557. The predicted octanol–water partition coefficient (Wildman–Crippen LogP) is 5.14. The van der Waals surface area contributed by atoms with E-state index in [-0.39, 0.29) is 5.91 Å². The molecule has 1 amide bonds. The third-order valence-electron chi connectivity index (χ3n) is 6.10.